The lowest BCUT2D eigenvalue weighted by molar-refractivity contribution is -0.123. The first-order valence-electron chi connectivity index (χ1n) is 7.74. The molecule has 1 aromatic carbocycles. The van der Waals surface area contributed by atoms with Crippen LogP contribution >= 0.6 is 12.4 Å². The Morgan fingerprint density at radius 2 is 1.80 bits per heavy atom. The first kappa shape index (κ1) is 19.0. The van der Waals surface area contributed by atoms with Crippen LogP contribution < -0.4 is 16.0 Å². The van der Waals surface area contributed by atoms with Crippen molar-refractivity contribution in [1.29, 1.82) is 0 Å². The van der Waals surface area contributed by atoms with Crippen LogP contribution in [0.5, 0.6) is 0 Å². The van der Waals surface area contributed by atoms with Gasteiger partial charge >= 0.3 is 0 Å². The lowest BCUT2D eigenvalue weighted by Gasteiger charge is -2.29. The normalized spacial score (nSPS) is 19.6. The zero-order valence-electron chi connectivity index (χ0n) is 13.7. The average molecular weight is 366 g/mol. The van der Waals surface area contributed by atoms with Crippen molar-refractivity contribution in [2.45, 2.75) is 19.1 Å². The fourth-order valence-corrected chi connectivity index (χ4v) is 2.48. The number of hydrogen-bond acceptors (Lipinski definition) is 5. The summed E-state index contributed by atoms with van der Waals surface area (Å²) in [6, 6.07) is 9.74. The third-order valence-corrected chi connectivity index (χ3v) is 3.75. The number of halogens is 1. The predicted molar refractivity (Wildman–Crippen MR) is 96.2 cm³/mol. The van der Waals surface area contributed by atoms with E-state index in [2.05, 4.69) is 16.0 Å². The minimum Gasteiger partial charge on any atom is -0.459 e. The summed E-state index contributed by atoms with van der Waals surface area (Å²) in [5.41, 5.74) is 1.26. The first-order valence-corrected chi connectivity index (χ1v) is 7.74. The lowest BCUT2D eigenvalue weighted by atomic mass is 10.1. The van der Waals surface area contributed by atoms with Gasteiger partial charge in [-0.05, 0) is 43.3 Å². The Balaban J connectivity index is 0.00000225. The maximum Gasteiger partial charge on any atom is 0.291 e. The fraction of sp³-hybridized carbons (Fsp3) is 0.294. The number of rotatable bonds is 4. The maximum atomic E-state index is 12.3. The molecule has 0 bridgehead atoms. The van der Waals surface area contributed by atoms with E-state index in [1.165, 1.54) is 6.26 Å². The highest BCUT2D eigenvalue weighted by atomic mass is 35.5. The maximum absolute atomic E-state index is 12.3. The van der Waals surface area contributed by atoms with Crippen molar-refractivity contribution in [1.82, 2.24) is 5.32 Å². The fourth-order valence-electron chi connectivity index (χ4n) is 2.48. The van der Waals surface area contributed by atoms with Gasteiger partial charge in [-0.15, -0.1) is 12.4 Å². The third kappa shape index (κ3) is 4.82. The molecule has 2 atom stereocenters. The molecule has 1 aliphatic rings. The SMILES string of the molecule is C[C@H]1OCCN[C@@H]1C(=O)Nc1ccc(NC(=O)c2ccco2)cc1.Cl. The number of hydrogen-bond donors (Lipinski definition) is 3. The molecule has 134 valence electrons. The standard InChI is InChI=1S/C17H19N3O4.ClH/c1-11-15(18-8-10-23-11)17(22)20-13-6-4-12(5-7-13)19-16(21)14-3-2-9-24-14;/h2-7,9,11,15,18H,8,10H2,1H3,(H,19,21)(H,20,22);1H/t11-,15+;/m1./s1. The Kier molecular flexibility index (Phi) is 6.58. The van der Waals surface area contributed by atoms with Gasteiger partial charge in [0.25, 0.3) is 5.91 Å². The lowest BCUT2D eigenvalue weighted by Crippen LogP contribution is -2.53. The summed E-state index contributed by atoms with van der Waals surface area (Å²) in [5, 5.41) is 8.69. The highest BCUT2D eigenvalue weighted by molar-refractivity contribution is 6.02. The van der Waals surface area contributed by atoms with E-state index in [-0.39, 0.29) is 42.1 Å². The number of nitrogens with one attached hydrogen (secondary N) is 3. The molecule has 8 heteroatoms. The van der Waals surface area contributed by atoms with Gasteiger partial charge in [-0.1, -0.05) is 0 Å². The van der Waals surface area contributed by atoms with E-state index in [1.807, 2.05) is 6.92 Å². The van der Waals surface area contributed by atoms with E-state index < -0.39 is 0 Å². The van der Waals surface area contributed by atoms with E-state index in [1.54, 1.807) is 36.4 Å². The Labute approximate surface area is 151 Å². The average Bonchev–Trinajstić information content (AvgIpc) is 3.11. The van der Waals surface area contributed by atoms with Crippen molar-refractivity contribution in [2.75, 3.05) is 23.8 Å². The zero-order chi connectivity index (χ0) is 16.9. The quantitative estimate of drug-likeness (QED) is 0.773. The minimum atomic E-state index is -0.378. The van der Waals surface area contributed by atoms with Gasteiger partial charge in [-0.2, -0.15) is 0 Å². The number of amides is 2. The molecule has 1 saturated heterocycles. The number of ether oxygens (including phenoxy) is 1. The third-order valence-electron chi connectivity index (χ3n) is 3.75. The second kappa shape index (κ2) is 8.66. The van der Waals surface area contributed by atoms with E-state index in [4.69, 9.17) is 9.15 Å². The smallest absolute Gasteiger partial charge is 0.291 e. The molecule has 0 unspecified atom stereocenters. The van der Waals surface area contributed by atoms with Gasteiger partial charge in [0.1, 0.15) is 6.04 Å². The van der Waals surface area contributed by atoms with Crippen molar-refractivity contribution < 1.29 is 18.7 Å². The van der Waals surface area contributed by atoms with E-state index in [0.29, 0.717) is 24.5 Å². The van der Waals surface area contributed by atoms with Gasteiger partial charge in [0, 0.05) is 17.9 Å². The van der Waals surface area contributed by atoms with Crippen LogP contribution in [-0.4, -0.2) is 37.1 Å². The molecule has 0 spiro atoms. The number of morpholine rings is 1. The van der Waals surface area contributed by atoms with Crippen LogP contribution in [-0.2, 0) is 9.53 Å². The molecule has 1 aromatic heterocycles. The van der Waals surface area contributed by atoms with Crippen molar-refractivity contribution in [3.63, 3.8) is 0 Å². The first-order chi connectivity index (χ1) is 11.6. The topological polar surface area (TPSA) is 92.6 Å². The van der Waals surface area contributed by atoms with Crippen molar-refractivity contribution in [3.8, 4) is 0 Å². The summed E-state index contributed by atoms with van der Waals surface area (Å²) in [7, 11) is 0. The molecule has 1 aliphatic heterocycles. The van der Waals surface area contributed by atoms with E-state index >= 15 is 0 Å². The van der Waals surface area contributed by atoms with Gasteiger partial charge in [-0.25, -0.2) is 0 Å². The molecule has 3 N–H and O–H groups in total. The van der Waals surface area contributed by atoms with E-state index in [0.717, 1.165) is 0 Å². The van der Waals surface area contributed by atoms with Gasteiger partial charge < -0.3 is 25.1 Å². The highest BCUT2D eigenvalue weighted by Crippen LogP contribution is 2.16. The van der Waals surface area contributed by atoms with Crippen molar-refractivity contribution in [3.05, 3.63) is 48.4 Å². The number of carbonyl (C=O) groups is 2. The monoisotopic (exact) mass is 365 g/mol. The van der Waals surface area contributed by atoms with Crippen LogP contribution in [0.4, 0.5) is 11.4 Å². The number of furan rings is 1. The van der Waals surface area contributed by atoms with Gasteiger partial charge in [0.05, 0.1) is 19.0 Å². The number of benzene rings is 1. The molecule has 0 aliphatic carbocycles. The summed E-state index contributed by atoms with van der Waals surface area (Å²) in [6.45, 7) is 3.12. The van der Waals surface area contributed by atoms with Crippen molar-refractivity contribution in [2.24, 2.45) is 0 Å². The summed E-state index contributed by atoms with van der Waals surface area (Å²) < 4.78 is 10.5. The summed E-state index contributed by atoms with van der Waals surface area (Å²) in [5.74, 6) is -0.228. The molecular weight excluding hydrogens is 346 g/mol. The minimum absolute atomic E-state index is 0. The second-order valence-corrected chi connectivity index (χ2v) is 5.51. The summed E-state index contributed by atoms with van der Waals surface area (Å²) in [6.07, 6.45) is 1.27. The molecule has 1 fully saturated rings. The van der Waals surface area contributed by atoms with Gasteiger partial charge in [-0.3, -0.25) is 9.59 Å². The molecule has 2 amide bonds. The molecule has 3 rings (SSSR count). The Hall–Kier alpha value is -2.35. The largest absolute Gasteiger partial charge is 0.459 e. The van der Waals surface area contributed by atoms with E-state index in [9.17, 15) is 9.59 Å². The number of carbonyl (C=O) groups excluding carboxylic acids is 2. The molecule has 0 radical (unpaired) electrons. The molecule has 25 heavy (non-hydrogen) atoms. The highest BCUT2D eigenvalue weighted by Gasteiger charge is 2.28. The van der Waals surface area contributed by atoms with Crippen LogP contribution in [0.15, 0.2) is 47.1 Å². The molecular formula is C17H20ClN3O4. The number of anilines is 2. The van der Waals surface area contributed by atoms with Crippen LogP contribution in [0.25, 0.3) is 0 Å². The van der Waals surface area contributed by atoms with Crippen molar-refractivity contribution >= 4 is 35.6 Å². The Morgan fingerprint density at radius 1 is 1.12 bits per heavy atom. The molecule has 0 saturated carbocycles. The van der Waals surface area contributed by atoms with Crippen LogP contribution in [0.2, 0.25) is 0 Å². The Bertz CT molecular complexity index is 703. The van der Waals surface area contributed by atoms with Gasteiger partial charge in [0.15, 0.2) is 5.76 Å². The zero-order valence-corrected chi connectivity index (χ0v) is 14.5. The summed E-state index contributed by atoms with van der Waals surface area (Å²) in [4.78, 5) is 24.1. The van der Waals surface area contributed by atoms with Crippen LogP contribution in [0, 0.1) is 0 Å². The molecule has 7 nitrogen and oxygen atoms in total. The molecule has 2 aromatic rings. The van der Waals surface area contributed by atoms with Crippen LogP contribution in [0.1, 0.15) is 17.5 Å². The predicted octanol–water partition coefficient (Wildman–Crippen LogP) is 2.27. The second-order valence-electron chi connectivity index (χ2n) is 5.51. The summed E-state index contributed by atoms with van der Waals surface area (Å²) >= 11 is 0. The van der Waals surface area contributed by atoms with Gasteiger partial charge in [0.2, 0.25) is 5.91 Å². The van der Waals surface area contributed by atoms with Crippen LogP contribution in [0.3, 0.4) is 0 Å². The Morgan fingerprint density at radius 3 is 2.40 bits per heavy atom. The molecule has 2 heterocycles.